The fraction of sp³-hybridized carbons (Fsp3) is 0.500. The summed E-state index contributed by atoms with van der Waals surface area (Å²) in [5.74, 6) is 0.649. The molecule has 0 aliphatic carbocycles. The second-order valence-corrected chi connectivity index (χ2v) is 5.28. The quantitative estimate of drug-likeness (QED) is 0.412. The summed E-state index contributed by atoms with van der Waals surface area (Å²) in [6, 6.07) is 10.6. The number of halogens is 1. The molecule has 0 amide bonds. The second kappa shape index (κ2) is 5.70. The molecule has 0 saturated carbocycles. The minimum absolute atomic E-state index is 0.649. The maximum Gasteiger partial charge on any atom is 0.0808 e. The van der Waals surface area contributed by atoms with E-state index in [1.165, 1.54) is 17.5 Å². The van der Waals surface area contributed by atoms with Gasteiger partial charge in [0.15, 0.2) is 0 Å². The zero-order chi connectivity index (χ0) is 12.2. The number of benzene rings is 1. The summed E-state index contributed by atoms with van der Waals surface area (Å²) < 4.78 is 0.699. The van der Waals surface area contributed by atoms with Crippen molar-refractivity contribution in [3.8, 4) is 0 Å². The van der Waals surface area contributed by atoms with Crippen LogP contribution in [0.15, 0.2) is 24.3 Å². The number of hydrogen-bond donors (Lipinski definition) is 0. The molecule has 1 unspecified atom stereocenters. The van der Waals surface area contributed by atoms with Gasteiger partial charge in [0.05, 0.1) is 6.54 Å². The maximum absolute atomic E-state index is 5.79. The van der Waals surface area contributed by atoms with Crippen molar-refractivity contribution in [1.29, 1.82) is 0 Å². The van der Waals surface area contributed by atoms with Crippen LogP contribution in [0.3, 0.4) is 0 Å². The molecule has 0 aliphatic rings. The molecule has 0 N–H and O–H groups in total. The third kappa shape index (κ3) is 3.80. The second-order valence-electron chi connectivity index (χ2n) is 5.09. The molecule has 0 saturated heterocycles. The largest absolute Gasteiger partial charge is 0.444 e. The van der Waals surface area contributed by atoms with Gasteiger partial charge < -0.3 is 4.48 Å². The summed E-state index contributed by atoms with van der Waals surface area (Å²) in [5, 5.41) is 0. The summed E-state index contributed by atoms with van der Waals surface area (Å²) in [5.41, 5.74) is 2.75. The summed E-state index contributed by atoms with van der Waals surface area (Å²) in [6.45, 7) is 5.42. The van der Waals surface area contributed by atoms with Crippen molar-refractivity contribution in [2.45, 2.75) is 32.7 Å². The lowest BCUT2D eigenvalue weighted by atomic mass is 9.97. The normalized spacial score (nSPS) is 13.8. The standard InChI is InChI=1S/C14H22ClN/c1-5-12(2)14-8-6-13(7-9-14)10-16(3,4)11-15/h6-9,11-12H,5,10H2,1-4H3. The topological polar surface area (TPSA) is 0 Å². The molecule has 1 rings (SSSR count). The van der Waals surface area contributed by atoms with E-state index >= 15 is 0 Å². The molecule has 90 valence electrons. The highest BCUT2D eigenvalue weighted by Crippen LogP contribution is 2.20. The van der Waals surface area contributed by atoms with Gasteiger partial charge in [0.2, 0.25) is 0 Å². The molecule has 1 nitrogen and oxygen atoms in total. The van der Waals surface area contributed by atoms with E-state index in [1.54, 1.807) is 6.00 Å². The molecule has 0 bridgehead atoms. The van der Waals surface area contributed by atoms with Gasteiger partial charge in [-0.2, -0.15) is 0 Å². The Hall–Kier alpha value is -0.530. The zero-order valence-electron chi connectivity index (χ0n) is 10.7. The Morgan fingerprint density at radius 2 is 1.81 bits per heavy atom. The van der Waals surface area contributed by atoms with Crippen LogP contribution < -0.4 is 0 Å². The Labute approximate surface area is 105 Å². The number of hydrogen-bond acceptors (Lipinski definition) is 0. The predicted octanol–water partition coefficient (Wildman–Crippen LogP) is 4.13. The molecule has 0 spiro atoms. The van der Waals surface area contributed by atoms with Gasteiger partial charge in [-0.1, -0.05) is 44.1 Å². The molecule has 0 heterocycles. The molecular weight excluding hydrogens is 218 g/mol. The molecule has 0 radical (unpaired) electrons. The Morgan fingerprint density at radius 1 is 1.25 bits per heavy atom. The van der Waals surface area contributed by atoms with E-state index in [-0.39, 0.29) is 0 Å². The highest BCUT2D eigenvalue weighted by Gasteiger charge is 2.07. The van der Waals surface area contributed by atoms with Crippen LogP contribution in [-0.2, 0) is 6.54 Å². The van der Waals surface area contributed by atoms with E-state index < -0.39 is 0 Å². The van der Waals surface area contributed by atoms with Gasteiger partial charge in [0.25, 0.3) is 0 Å². The van der Waals surface area contributed by atoms with Gasteiger partial charge in [0.1, 0.15) is 0 Å². The third-order valence-corrected chi connectivity index (χ3v) is 3.54. The first-order valence-corrected chi connectivity index (χ1v) is 6.28. The number of rotatable bonds is 5. The highest BCUT2D eigenvalue weighted by atomic mass is 35.5. The first-order valence-electron chi connectivity index (χ1n) is 5.84. The van der Waals surface area contributed by atoms with Crippen molar-refractivity contribution in [3.63, 3.8) is 0 Å². The Balaban J connectivity index is 2.72. The van der Waals surface area contributed by atoms with Crippen molar-refractivity contribution >= 4 is 11.6 Å². The minimum atomic E-state index is 0.649. The van der Waals surface area contributed by atoms with Gasteiger partial charge in [0, 0.05) is 19.7 Å². The molecule has 16 heavy (non-hydrogen) atoms. The van der Waals surface area contributed by atoms with Crippen LogP contribution in [0.25, 0.3) is 0 Å². The zero-order valence-corrected chi connectivity index (χ0v) is 11.5. The van der Waals surface area contributed by atoms with Gasteiger partial charge >= 0.3 is 0 Å². The van der Waals surface area contributed by atoms with E-state index in [0.717, 1.165) is 6.54 Å². The molecule has 1 atom stereocenters. The van der Waals surface area contributed by atoms with E-state index in [1.807, 2.05) is 0 Å². The molecule has 2 heteroatoms. The van der Waals surface area contributed by atoms with Crippen molar-refractivity contribution in [1.82, 2.24) is 0 Å². The number of quaternary nitrogens is 1. The molecule has 0 aliphatic heterocycles. The smallest absolute Gasteiger partial charge is 0.0808 e. The monoisotopic (exact) mass is 239 g/mol. The van der Waals surface area contributed by atoms with Crippen molar-refractivity contribution in [3.05, 3.63) is 41.4 Å². The van der Waals surface area contributed by atoms with Gasteiger partial charge in [-0.3, -0.25) is 11.6 Å². The van der Waals surface area contributed by atoms with Gasteiger partial charge in [-0.25, -0.2) is 0 Å². The third-order valence-electron chi connectivity index (χ3n) is 3.02. The van der Waals surface area contributed by atoms with E-state index in [4.69, 9.17) is 11.6 Å². The average molecular weight is 240 g/mol. The Bertz CT molecular complexity index is 316. The fourth-order valence-corrected chi connectivity index (χ4v) is 1.76. The molecular formula is C14H22ClN. The minimum Gasteiger partial charge on any atom is -0.444 e. The lowest BCUT2D eigenvalue weighted by Gasteiger charge is -2.36. The molecule has 1 aromatic carbocycles. The van der Waals surface area contributed by atoms with Crippen LogP contribution in [-0.4, -0.2) is 18.6 Å². The van der Waals surface area contributed by atoms with Crippen LogP contribution >= 0.6 is 11.6 Å². The van der Waals surface area contributed by atoms with Crippen LogP contribution in [0.4, 0.5) is 0 Å². The Kier molecular flexibility index (Phi) is 4.82. The van der Waals surface area contributed by atoms with Crippen LogP contribution in [0.2, 0.25) is 0 Å². The summed E-state index contributed by atoms with van der Waals surface area (Å²) in [6.07, 6.45) is 1.19. The van der Waals surface area contributed by atoms with E-state index in [0.29, 0.717) is 10.4 Å². The van der Waals surface area contributed by atoms with Crippen molar-refractivity contribution < 1.29 is 4.48 Å². The Morgan fingerprint density at radius 3 is 2.25 bits per heavy atom. The molecule has 1 aromatic rings. The van der Waals surface area contributed by atoms with E-state index in [2.05, 4.69) is 52.2 Å². The molecule has 0 fully saturated rings. The maximum atomic E-state index is 5.79. The first-order chi connectivity index (χ1) is 7.48. The van der Waals surface area contributed by atoms with Crippen LogP contribution in [0, 0.1) is 6.00 Å². The van der Waals surface area contributed by atoms with Crippen LogP contribution in [0.1, 0.15) is 37.3 Å². The van der Waals surface area contributed by atoms with Crippen LogP contribution in [0.5, 0.6) is 0 Å². The van der Waals surface area contributed by atoms with Crippen molar-refractivity contribution in [2.75, 3.05) is 14.1 Å². The number of nitrogens with zero attached hydrogens (tertiary/aromatic N) is 1. The SMILES string of the molecule is CCC(C)c1ccc(C[N+](C)(C)[CH-]Cl)cc1. The van der Waals surface area contributed by atoms with Gasteiger partial charge in [-0.05, 0) is 17.9 Å². The van der Waals surface area contributed by atoms with Gasteiger partial charge in [-0.15, -0.1) is 0 Å². The van der Waals surface area contributed by atoms with E-state index in [9.17, 15) is 0 Å². The first kappa shape index (κ1) is 13.5. The lowest BCUT2D eigenvalue weighted by Crippen LogP contribution is -2.33. The highest BCUT2D eigenvalue weighted by molar-refractivity contribution is 6.21. The summed E-state index contributed by atoms with van der Waals surface area (Å²) >= 11 is 5.79. The summed E-state index contributed by atoms with van der Waals surface area (Å²) in [4.78, 5) is 0. The van der Waals surface area contributed by atoms with Crippen molar-refractivity contribution in [2.24, 2.45) is 0 Å². The molecule has 0 aromatic heterocycles. The lowest BCUT2D eigenvalue weighted by molar-refractivity contribution is -0.866. The predicted molar refractivity (Wildman–Crippen MR) is 71.1 cm³/mol. The fourth-order valence-electron chi connectivity index (χ4n) is 1.69. The average Bonchev–Trinajstić information content (AvgIpc) is 2.28. The summed E-state index contributed by atoms with van der Waals surface area (Å²) in [7, 11) is 4.19.